The van der Waals surface area contributed by atoms with E-state index >= 15 is 0 Å². The number of hydrogen-bond acceptors (Lipinski definition) is 3. The van der Waals surface area contributed by atoms with E-state index in [2.05, 4.69) is 11.8 Å². The molecular weight excluding hydrogens is 257 g/mol. The van der Waals surface area contributed by atoms with Crippen molar-refractivity contribution in [1.29, 1.82) is 0 Å². The van der Waals surface area contributed by atoms with E-state index in [9.17, 15) is 9.50 Å². The Morgan fingerprint density at radius 1 is 1.50 bits per heavy atom. The second-order valence-corrected chi connectivity index (χ2v) is 5.49. The van der Waals surface area contributed by atoms with E-state index < -0.39 is 6.10 Å². The molecule has 1 aliphatic heterocycles. The minimum Gasteiger partial charge on any atom is -0.388 e. The first-order valence-corrected chi connectivity index (χ1v) is 7.37. The maximum Gasteiger partial charge on any atom is 0.126 e. The minimum absolute atomic E-state index is 0.251. The van der Waals surface area contributed by atoms with Crippen LogP contribution in [0, 0.1) is 12.7 Å². The van der Waals surface area contributed by atoms with Gasteiger partial charge in [-0.15, -0.1) is 0 Å². The van der Waals surface area contributed by atoms with Crippen molar-refractivity contribution >= 4 is 0 Å². The Morgan fingerprint density at radius 3 is 3.00 bits per heavy atom. The van der Waals surface area contributed by atoms with E-state index in [0.717, 1.165) is 32.7 Å². The van der Waals surface area contributed by atoms with Crippen LogP contribution in [0.1, 0.15) is 37.0 Å². The molecule has 0 aromatic heterocycles. The number of ether oxygens (including phenoxy) is 1. The largest absolute Gasteiger partial charge is 0.388 e. The van der Waals surface area contributed by atoms with Gasteiger partial charge in [0.1, 0.15) is 5.82 Å². The van der Waals surface area contributed by atoms with Gasteiger partial charge in [-0.1, -0.05) is 19.1 Å². The number of aliphatic hydroxyl groups is 1. The molecule has 1 heterocycles. The van der Waals surface area contributed by atoms with Crippen LogP contribution >= 0.6 is 0 Å². The Kier molecular flexibility index (Phi) is 5.52. The van der Waals surface area contributed by atoms with Crippen LogP contribution in [0.5, 0.6) is 0 Å². The lowest BCUT2D eigenvalue weighted by molar-refractivity contribution is -0.0143. The molecular formula is C16H24FNO2. The highest BCUT2D eigenvalue weighted by molar-refractivity contribution is 5.24. The average Bonchev–Trinajstić information content (AvgIpc) is 2.47. The number of aliphatic hydroxyl groups excluding tert-OH is 1. The van der Waals surface area contributed by atoms with E-state index in [0.29, 0.717) is 23.6 Å². The first-order chi connectivity index (χ1) is 9.61. The van der Waals surface area contributed by atoms with Gasteiger partial charge in [-0.2, -0.15) is 0 Å². The molecule has 0 bridgehead atoms. The summed E-state index contributed by atoms with van der Waals surface area (Å²) in [5.74, 6) is -0.251. The molecule has 2 rings (SSSR count). The molecule has 2 unspecified atom stereocenters. The lowest BCUT2D eigenvalue weighted by Crippen LogP contribution is -2.45. The summed E-state index contributed by atoms with van der Waals surface area (Å²) in [7, 11) is 0. The summed E-state index contributed by atoms with van der Waals surface area (Å²) in [5.41, 5.74) is 1.27. The van der Waals surface area contributed by atoms with Crippen LogP contribution in [0.2, 0.25) is 0 Å². The van der Waals surface area contributed by atoms with E-state index in [1.807, 2.05) is 0 Å². The molecule has 0 saturated carbocycles. The summed E-state index contributed by atoms with van der Waals surface area (Å²) in [6, 6.07) is 5.40. The molecule has 20 heavy (non-hydrogen) atoms. The maximum atomic E-state index is 13.5. The van der Waals surface area contributed by atoms with Crippen molar-refractivity contribution in [3.8, 4) is 0 Å². The number of morpholine rings is 1. The SMILES string of the molecule is CCC1COCCN1CCC(O)c1ccc(C)c(F)c1. The van der Waals surface area contributed by atoms with Gasteiger partial charge >= 0.3 is 0 Å². The number of hydrogen-bond donors (Lipinski definition) is 1. The van der Waals surface area contributed by atoms with Crippen molar-refractivity contribution < 1.29 is 14.2 Å². The Bertz CT molecular complexity index is 438. The molecule has 112 valence electrons. The molecule has 0 spiro atoms. The van der Waals surface area contributed by atoms with Crippen LogP contribution in [0.25, 0.3) is 0 Å². The lowest BCUT2D eigenvalue weighted by Gasteiger charge is -2.35. The summed E-state index contributed by atoms with van der Waals surface area (Å²) in [4.78, 5) is 2.36. The predicted octanol–water partition coefficient (Wildman–Crippen LogP) is 2.67. The fourth-order valence-corrected chi connectivity index (χ4v) is 2.63. The van der Waals surface area contributed by atoms with Gasteiger partial charge in [0.15, 0.2) is 0 Å². The number of benzene rings is 1. The van der Waals surface area contributed by atoms with Crippen LogP contribution < -0.4 is 0 Å². The summed E-state index contributed by atoms with van der Waals surface area (Å²) >= 11 is 0. The number of halogens is 1. The Hall–Kier alpha value is -0.970. The lowest BCUT2D eigenvalue weighted by atomic mass is 10.0. The number of aryl methyl sites for hydroxylation is 1. The third-order valence-electron chi connectivity index (χ3n) is 4.09. The molecule has 0 aliphatic carbocycles. The molecule has 1 fully saturated rings. The van der Waals surface area contributed by atoms with Crippen molar-refractivity contribution in [1.82, 2.24) is 4.90 Å². The van der Waals surface area contributed by atoms with Gasteiger partial charge < -0.3 is 9.84 Å². The van der Waals surface area contributed by atoms with Crippen molar-refractivity contribution in [2.45, 2.75) is 38.8 Å². The Labute approximate surface area is 120 Å². The number of rotatable bonds is 5. The second kappa shape index (κ2) is 7.16. The summed E-state index contributed by atoms with van der Waals surface area (Å²) in [6.45, 7) is 7.13. The van der Waals surface area contributed by atoms with Gasteiger partial charge in [0.2, 0.25) is 0 Å². The van der Waals surface area contributed by atoms with Crippen molar-refractivity contribution in [3.05, 3.63) is 35.1 Å². The topological polar surface area (TPSA) is 32.7 Å². The molecule has 0 amide bonds. The molecule has 1 aromatic rings. The zero-order valence-electron chi connectivity index (χ0n) is 12.3. The normalized spacial score (nSPS) is 21.9. The van der Waals surface area contributed by atoms with E-state index in [1.165, 1.54) is 6.07 Å². The highest BCUT2D eigenvalue weighted by atomic mass is 19.1. The van der Waals surface area contributed by atoms with Gasteiger partial charge in [0, 0.05) is 19.1 Å². The monoisotopic (exact) mass is 281 g/mol. The first-order valence-electron chi connectivity index (χ1n) is 7.37. The fraction of sp³-hybridized carbons (Fsp3) is 0.625. The van der Waals surface area contributed by atoms with Gasteiger partial charge in [-0.25, -0.2) is 4.39 Å². The van der Waals surface area contributed by atoms with Gasteiger partial charge in [0.05, 0.1) is 19.3 Å². The molecule has 1 aliphatic rings. The molecule has 3 nitrogen and oxygen atoms in total. The second-order valence-electron chi connectivity index (χ2n) is 5.49. The minimum atomic E-state index is -0.606. The van der Waals surface area contributed by atoms with Crippen LogP contribution in [0.3, 0.4) is 0 Å². The van der Waals surface area contributed by atoms with Crippen molar-refractivity contribution in [2.75, 3.05) is 26.3 Å². The average molecular weight is 281 g/mol. The summed E-state index contributed by atoms with van der Waals surface area (Å²) in [6.07, 6.45) is 1.07. The van der Waals surface area contributed by atoms with Gasteiger partial charge in [0.25, 0.3) is 0 Å². The molecule has 1 N–H and O–H groups in total. The highest BCUT2D eigenvalue weighted by Gasteiger charge is 2.22. The Morgan fingerprint density at radius 2 is 2.30 bits per heavy atom. The maximum absolute atomic E-state index is 13.5. The standard InChI is InChI=1S/C16H24FNO2/c1-3-14-11-20-9-8-18(14)7-6-16(19)13-5-4-12(2)15(17)10-13/h4-5,10,14,16,19H,3,6-9,11H2,1-2H3. The quantitative estimate of drug-likeness (QED) is 0.900. The van der Waals surface area contributed by atoms with Crippen LogP contribution in [-0.2, 0) is 4.74 Å². The highest BCUT2D eigenvalue weighted by Crippen LogP contribution is 2.21. The van der Waals surface area contributed by atoms with Crippen LogP contribution in [0.15, 0.2) is 18.2 Å². The molecule has 2 atom stereocenters. The third kappa shape index (κ3) is 3.78. The van der Waals surface area contributed by atoms with E-state index in [4.69, 9.17) is 4.74 Å². The van der Waals surface area contributed by atoms with Crippen LogP contribution in [0.4, 0.5) is 4.39 Å². The molecule has 4 heteroatoms. The smallest absolute Gasteiger partial charge is 0.126 e. The zero-order valence-corrected chi connectivity index (χ0v) is 12.3. The predicted molar refractivity (Wildman–Crippen MR) is 77.2 cm³/mol. The first kappa shape index (κ1) is 15.4. The van der Waals surface area contributed by atoms with E-state index in [1.54, 1.807) is 19.1 Å². The zero-order chi connectivity index (χ0) is 14.5. The Balaban J connectivity index is 1.90. The van der Waals surface area contributed by atoms with Crippen LogP contribution in [-0.4, -0.2) is 42.4 Å². The molecule has 0 radical (unpaired) electrons. The van der Waals surface area contributed by atoms with Gasteiger partial charge in [-0.3, -0.25) is 4.90 Å². The number of nitrogens with zero attached hydrogens (tertiary/aromatic N) is 1. The van der Waals surface area contributed by atoms with E-state index in [-0.39, 0.29) is 5.82 Å². The third-order valence-corrected chi connectivity index (χ3v) is 4.09. The molecule has 1 saturated heterocycles. The van der Waals surface area contributed by atoms with Crippen molar-refractivity contribution in [3.63, 3.8) is 0 Å². The fourth-order valence-electron chi connectivity index (χ4n) is 2.63. The summed E-state index contributed by atoms with van der Waals surface area (Å²) in [5, 5.41) is 10.2. The molecule has 1 aromatic carbocycles. The van der Waals surface area contributed by atoms with Crippen molar-refractivity contribution in [2.24, 2.45) is 0 Å². The summed E-state index contributed by atoms with van der Waals surface area (Å²) < 4.78 is 19.0. The van der Waals surface area contributed by atoms with Gasteiger partial charge in [-0.05, 0) is 37.0 Å².